The highest BCUT2D eigenvalue weighted by Crippen LogP contribution is 2.24. The molecule has 1 unspecified atom stereocenters. The monoisotopic (exact) mass is 280 g/mol. The zero-order valence-electron chi connectivity index (χ0n) is 11.9. The number of nitrogens with zero attached hydrogens (tertiary/aromatic N) is 3. The third-order valence-electron chi connectivity index (χ3n) is 3.09. The number of anilines is 1. The summed E-state index contributed by atoms with van der Waals surface area (Å²) in [5, 5.41) is 8.01. The Kier molecular flexibility index (Phi) is 3.99. The molecule has 5 heteroatoms. The average molecular weight is 281 g/mol. The predicted molar refractivity (Wildman–Crippen MR) is 80.1 cm³/mol. The lowest BCUT2D eigenvalue weighted by Crippen LogP contribution is -2.14. The van der Waals surface area contributed by atoms with E-state index in [0.29, 0.717) is 6.54 Å². The molecule has 104 valence electrons. The normalized spacial score (nSPS) is 13.7. The van der Waals surface area contributed by atoms with Crippen molar-refractivity contribution in [2.75, 3.05) is 11.9 Å². The fourth-order valence-corrected chi connectivity index (χ4v) is 1.85. The molecule has 2 aromatic heterocycles. The molecule has 0 amide bonds. The van der Waals surface area contributed by atoms with E-state index in [1.807, 2.05) is 10.7 Å². The molecule has 0 spiro atoms. The maximum atomic E-state index is 6.13. The van der Waals surface area contributed by atoms with Crippen LogP contribution in [0.15, 0.2) is 18.5 Å². The second kappa shape index (κ2) is 5.37. The Morgan fingerprint density at radius 3 is 2.79 bits per heavy atom. The van der Waals surface area contributed by atoms with Gasteiger partial charge in [0.15, 0.2) is 5.82 Å². The molecule has 1 atom stereocenters. The van der Waals surface area contributed by atoms with Crippen molar-refractivity contribution in [2.45, 2.75) is 44.9 Å². The Labute approximate surface area is 119 Å². The number of nitrogens with one attached hydrogen (secondary N) is 1. The number of fused-ring (bicyclic) bond motifs is 1. The van der Waals surface area contributed by atoms with Crippen molar-refractivity contribution in [3.05, 3.63) is 24.2 Å². The number of halogens is 1. The molecule has 19 heavy (non-hydrogen) atoms. The molecule has 0 aromatic carbocycles. The van der Waals surface area contributed by atoms with Gasteiger partial charge in [0.2, 0.25) is 0 Å². The molecule has 0 saturated carbocycles. The summed E-state index contributed by atoms with van der Waals surface area (Å²) in [7, 11) is 0. The van der Waals surface area contributed by atoms with Gasteiger partial charge in [-0.2, -0.15) is 5.10 Å². The fraction of sp³-hybridized carbons (Fsp3) is 0.571. The minimum atomic E-state index is 0.0295. The first-order chi connectivity index (χ1) is 8.91. The van der Waals surface area contributed by atoms with Crippen molar-refractivity contribution in [3.63, 3.8) is 0 Å². The second-order valence-corrected chi connectivity index (χ2v) is 6.39. The van der Waals surface area contributed by atoms with Crippen LogP contribution in [0.3, 0.4) is 0 Å². The maximum absolute atomic E-state index is 6.13. The van der Waals surface area contributed by atoms with Crippen molar-refractivity contribution in [2.24, 2.45) is 0 Å². The number of hydrogen-bond donors (Lipinski definition) is 1. The molecule has 0 saturated heterocycles. The molecule has 0 aliphatic rings. The summed E-state index contributed by atoms with van der Waals surface area (Å²) in [6, 6.07) is 2.09. The topological polar surface area (TPSA) is 42.2 Å². The zero-order chi connectivity index (χ0) is 14.0. The van der Waals surface area contributed by atoms with Crippen LogP contribution in [-0.2, 0) is 5.41 Å². The molecule has 1 N–H and O–H groups in total. The van der Waals surface area contributed by atoms with E-state index in [4.69, 9.17) is 11.6 Å². The van der Waals surface area contributed by atoms with E-state index in [0.717, 1.165) is 23.4 Å². The lowest BCUT2D eigenvalue weighted by atomic mass is 9.92. The number of rotatable bonds is 4. The smallest absolute Gasteiger partial charge is 0.152 e. The Morgan fingerprint density at radius 2 is 2.16 bits per heavy atom. The fourth-order valence-electron chi connectivity index (χ4n) is 1.78. The van der Waals surface area contributed by atoms with E-state index in [2.05, 4.69) is 49.2 Å². The van der Waals surface area contributed by atoms with Crippen LogP contribution in [0.2, 0.25) is 0 Å². The van der Waals surface area contributed by atoms with Crippen LogP contribution in [0, 0.1) is 0 Å². The zero-order valence-corrected chi connectivity index (χ0v) is 12.7. The third kappa shape index (κ3) is 3.18. The minimum Gasteiger partial charge on any atom is -0.367 e. The van der Waals surface area contributed by atoms with Gasteiger partial charge in [-0.1, -0.05) is 27.7 Å². The maximum Gasteiger partial charge on any atom is 0.152 e. The number of aromatic nitrogens is 3. The number of alkyl halides is 1. The standard InChI is InChI=1S/C14H21ClN4/c1-5-10(15)9-17-13-11-8-12(14(2,3)4)18-19(11)7-6-16-13/h6-8,10H,5,9H2,1-4H3,(H,16,17). The third-order valence-corrected chi connectivity index (χ3v) is 3.56. The lowest BCUT2D eigenvalue weighted by molar-refractivity contribution is 0.562. The minimum absolute atomic E-state index is 0.0295. The Balaban J connectivity index is 2.32. The summed E-state index contributed by atoms with van der Waals surface area (Å²) >= 11 is 6.13. The van der Waals surface area contributed by atoms with Gasteiger partial charge in [0.05, 0.1) is 11.1 Å². The van der Waals surface area contributed by atoms with Crippen molar-refractivity contribution in [1.29, 1.82) is 0 Å². The molecule has 0 aliphatic carbocycles. The Hall–Kier alpha value is -1.29. The van der Waals surface area contributed by atoms with Crippen LogP contribution in [-0.4, -0.2) is 26.5 Å². The quantitative estimate of drug-likeness (QED) is 0.872. The molecule has 2 heterocycles. The molecular formula is C14H21ClN4. The molecule has 2 aromatic rings. The van der Waals surface area contributed by atoms with Crippen LogP contribution in [0.5, 0.6) is 0 Å². The van der Waals surface area contributed by atoms with Gasteiger partial charge in [-0.05, 0) is 12.5 Å². The molecule has 0 radical (unpaired) electrons. The van der Waals surface area contributed by atoms with Gasteiger partial charge >= 0.3 is 0 Å². The largest absolute Gasteiger partial charge is 0.367 e. The van der Waals surface area contributed by atoms with Gasteiger partial charge < -0.3 is 5.32 Å². The van der Waals surface area contributed by atoms with Gasteiger partial charge in [0, 0.05) is 24.4 Å². The Bertz CT molecular complexity index is 556. The Morgan fingerprint density at radius 1 is 1.42 bits per heavy atom. The van der Waals surface area contributed by atoms with Crippen LogP contribution in [0.1, 0.15) is 39.8 Å². The molecule has 0 bridgehead atoms. The van der Waals surface area contributed by atoms with E-state index < -0.39 is 0 Å². The van der Waals surface area contributed by atoms with Crippen LogP contribution in [0.25, 0.3) is 5.52 Å². The first kappa shape index (κ1) is 14.1. The van der Waals surface area contributed by atoms with E-state index in [1.54, 1.807) is 6.20 Å². The highest BCUT2D eigenvalue weighted by molar-refractivity contribution is 6.20. The molecule has 2 rings (SSSR count). The number of hydrogen-bond acceptors (Lipinski definition) is 3. The van der Waals surface area contributed by atoms with Gasteiger partial charge in [-0.15, -0.1) is 11.6 Å². The lowest BCUT2D eigenvalue weighted by Gasteiger charge is -2.13. The first-order valence-electron chi connectivity index (χ1n) is 6.64. The summed E-state index contributed by atoms with van der Waals surface area (Å²) in [5.41, 5.74) is 2.08. The molecule has 4 nitrogen and oxygen atoms in total. The summed E-state index contributed by atoms with van der Waals surface area (Å²) in [6.07, 6.45) is 4.56. The van der Waals surface area contributed by atoms with Crippen LogP contribution < -0.4 is 5.32 Å². The van der Waals surface area contributed by atoms with Crippen molar-refractivity contribution >= 4 is 22.9 Å². The average Bonchev–Trinajstić information content (AvgIpc) is 2.80. The van der Waals surface area contributed by atoms with Gasteiger partial charge in [0.1, 0.15) is 5.52 Å². The summed E-state index contributed by atoms with van der Waals surface area (Å²) in [4.78, 5) is 4.38. The summed E-state index contributed by atoms with van der Waals surface area (Å²) in [5.74, 6) is 0.838. The van der Waals surface area contributed by atoms with Crippen molar-refractivity contribution in [1.82, 2.24) is 14.6 Å². The van der Waals surface area contributed by atoms with Crippen molar-refractivity contribution < 1.29 is 0 Å². The van der Waals surface area contributed by atoms with Crippen LogP contribution in [0.4, 0.5) is 5.82 Å². The SMILES string of the molecule is CCC(Cl)CNc1nccn2nc(C(C)(C)C)cc12. The molecule has 0 aliphatic heterocycles. The summed E-state index contributed by atoms with van der Waals surface area (Å²) in [6.45, 7) is 9.24. The van der Waals surface area contributed by atoms with Crippen LogP contribution >= 0.6 is 11.6 Å². The summed E-state index contributed by atoms with van der Waals surface area (Å²) < 4.78 is 1.87. The highest BCUT2D eigenvalue weighted by Gasteiger charge is 2.19. The second-order valence-electron chi connectivity index (χ2n) is 5.77. The first-order valence-corrected chi connectivity index (χ1v) is 7.08. The van der Waals surface area contributed by atoms with E-state index in [9.17, 15) is 0 Å². The molecule has 0 fully saturated rings. The predicted octanol–water partition coefficient (Wildman–Crippen LogP) is 3.46. The van der Waals surface area contributed by atoms with E-state index in [1.165, 1.54) is 0 Å². The highest BCUT2D eigenvalue weighted by atomic mass is 35.5. The van der Waals surface area contributed by atoms with Crippen molar-refractivity contribution in [3.8, 4) is 0 Å². The van der Waals surface area contributed by atoms with E-state index in [-0.39, 0.29) is 10.8 Å². The molecular weight excluding hydrogens is 260 g/mol. The van der Waals surface area contributed by atoms with E-state index >= 15 is 0 Å². The van der Waals surface area contributed by atoms with Gasteiger partial charge in [-0.25, -0.2) is 9.50 Å². The van der Waals surface area contributed by atoms with Gasteiger partial charge in [-0.3, -0.25) is 0 Å². The van der Waals surface area contributed by atoms with Gasteiger partial charge in [0.25, 0.3) is 0 Å².